The van der Waals surface area contributed by atoms with Crippen LogP contribution in [0.3, 0.4) is 0 Å². The standard InChI is InChI=1S/C23H27F2NO5/c1-28-18-9-7-15(13-21(18)31-23(24)25)11-12-26-22(27)16-8-10-19(20(14-16)29-2)30-17-5-3-4-6-17/h7-10,13-14,17,23H,3-6,11-12H2,1-2H3,(H,26,27). The molecule has 0 unspecified atom stereocenters. The van der Waals surface area contributed by atoms with Gasteiger partial charge in [0, 0.05) is 12.1 Å². The number of ether oxygens (including phenoxy) is 4. The summed E-state index contributed by atoms with van der Waals surface area (Å²) in [5.41, 5.74) is 1.18. The van der Waals surface area contributed by atoms with Gasteiger partial charge in [0.1, 0.15) is 0 Å². The molecule has 2 aromatic rings. The molecule has 31 heavy (non-hydrogen) atoms. The number of carbonyl (C=O) groups is 1. The van der Waals surface area contributed by atoms with Crippen LogP contribution in [0.15, 0.2) is 36.4 Å². The summed E-state index contributed by atoms with van der Waals surface area (Å²) in [7, 11) is 2.92. The molecule has 0 aliphatic heterocycles. The first-order chi connectivity index (χ1) is 15.0. The topological polar surface area (TPSA) is 66.0 Å². The van der Waals surface area contributed by atoms with Crippen LogP contribution in [-0.2, 0) is 6.42 Å². The summed E-state index contributed by atoms with van der Waals surface area (Å²) >= 11 is 0. The van der Waals surface area contributed by atoms with E-state index in [9.17, 15) is 13.6 Å². The van der Waals surface area contributed by atoms with Gasteiger partial charge in [0.2, 0.25) is 0 Å². The van der Waals surface area contributed by atoms with E-state index in [4.69, 9.17) is 14.2 Å². The third kappa shape index (κ3) is 6.23. The average Bonchev–Trinajstić information content (AvgIpc) is 3.27. The maximum atomic E-state index is 12.6. The van der Waals surface area contributed by atoms with E-state index in [0.717, 1.165) is 31.2 Å². The Morgan fingerprint density at radius 2 is 1.71 bits per heavy atom. The van der Waals surface area contributed by atoms with Crippen LogP contribution >= 0.6 is 0 Å². The Morgan fingerprint density at radius 1 is 1.00 bits per heavy atom. The van der Waals surface area contributed by atoms with Crippen LogP contribution < -0.4 is 24.3 Å². The first-order valence-corrected chi connectivity index (χ1v) is 10.2. The third-order valence-electron chi connectivity index (χ3n) is 5.16. The minimum atomic E-state index is -2.94. The van der Waals surface area contributed by atoms with Gasteiger partial charge in [0.15, 0.2) is 23.0 Å². The number of rotatable bonds is 10. The monoisotopic (exact) mass is 435 g/mol. The lowest BCUT2D eigenvalue weighted by Gasteiger charge is -2.16. The minimum absolute atomic E-state index is 0.0380. The van der Waals surface area contributed by atoms with E-state index in [1.165, 1.54) is 13.2 Å². The molecule has 6 nitrogen and oxygen atoms in total. The number of alkyl halides is 2. The highest BCUT2D eigenvalue weighted by Crippen LogP contribution is 2.32. The molecule has 0 spiro atoms. The number of carbonyl (C=O) groups excluding carboxylic acids is 1. The number of benzene rings is 2. The highest BCUT2D eigenvalue weighted by atomic mass is 19.3. The molecule has 0 heterocycles. The molecule has 8 heteroatoms. The molecule has 1 saturated carbocycles. The van der Waals surface area contributed by atoms with Crippen LogP contribution in [0.2, 0.25) is 0 Å². The second-order valence-electron chi connectivity index (χ2n) is 7.26. The summed E-state index contributed by atoms with van der Waals surface area (Å²) in [5, 5.41) is 2.82. The van der Waals surface area contributed by atoms with Crippen molar-refractivity contribution >= 4 is 5.91 Å². The first-order valence-electron chi connectivity index (χ1n) is 10.2. The SMILES string of the molecule is COc1ccc(CCNC(=O)c2ccc(OC3CCCC3)c(OC)c2)cc1OC(F)F. The van der Waals surface area contributed by atoms with E-state index < -0.39 is 6.61 Å². The summed E-state index contributed by atoms with van der Waals surface area (Å²) < 4.78 is 46.0. The Hall–Kier alpha value is -3.03. The maximum absolute atomic E-state index is 12.6. The maximum Gasteiger partial charge on any atom is 0.387 e. The van der Waals surface area contributed by atoms with E-state index >= 15 is 0 Å². The van der Waals surface area contributed by atoms with Gasteiger partial charge in [0.25, 0.3) is 5.91 Å². The fourth-order valence-corrected chi connectivity index (χ4v) is 3.58. The predicted molar refractivity (Wildman–Crippen MR) is 112 cm³/mol. The molecule has 1 N–H and O–H groups in total. The van der Waals surface area contributed by atoms with E-state index in [2.05, 4.69) is 10.1 Å². The molecule has 2 aromatic carbocycles. The van der Waals surface area contributed by atoms with Gasteiger partial charge in [-0.1, -0.05) is 6.07 Å². The predicted octanol–water partition coefficient (Wildman–Crippen LogP) is 4.60. The Kier molecular flexibility index (Phi) is 7.92. The van der Waals surface area contributed by atoms with Crippen LogP contribution in [0, 0.1) is 0 Å². The lowest BCUT2D eigenvalue weighted by Crippen LogP contribution is -2.25. The van der Waals surface area contributed by atoms with E-state index in [1.807, 2.05) is 0 Å². The van der Waals surface area contributed by atoms with Crippen molar-refractivity contribution in [2.24, 2.45) is 0 Å². The van der Waals surface area contributed by atoms with Crippen molar-refractivity contribution in [2.45, 2.75) is 44.8 Å². The molecule has 1 amide bonds. The Labute approximate surface area is 180 Å². The van der Waals surface area contributed by atoms with Crippen molar-refractivity contribution < 1.29 is 32.5 Å². The number of nitrogens with one attached hydrogen (secondary N) is 1. The largest absolute Gasteiger partial charge is 0.493 e. The minimum Gasteiger partial charge on any atom is -0.493 e. The molecule has 0 atom stereocenters. The Bertz CT molecular complexity index is 884. The number of halogens is 2. The zero-order valence-corrected chi connectivity index (χ0v) is 17.7. The van der Waals surface area contributed by atoms with Crippen molar-refractivity contribution in [2.75, 3.05) is 20.8 Å². The molecule has 0 bridgehead atoms. The fourth-order valence-electron chi connectivity index (χ4n) is 3.58. The first kappa shape index (κ1) is 22.7. The molecule has 0 aromatic heterocycles. The molecule has 168 valence electrons. The molecule has 1 fully saturated rings. The van der Waals surface area contributed by atoms with Crippen LogP contribution in [0.1, 0.15) is 41.6 Å². The van der Waals surface area contributed by atoms with Crippen molar-refractivity contribution in [1.29, 1.82) is 0 Å². The summed E-state index contributed by atoms with van der Waals surface area (Å²) in [5.74, 6) is 1.08. The third-order valence-corrected chi connectivity index (χ3v) is 5.16. The summed E-state index contributed by atoms with van der Waals surface area (Å²) in [4.78, 5) is 12.5. The summed E-state index contributed by atoms with van der Waals surface area (Å²) in [6.07, 6.45) is 5.02. The zero-order valence-electron chi connectivity index (χ0n) is 17.7. The lowest BCUT2D eigenvalue weighted by atomic mass is 10.1. The van der Waals surface area contributed by atoms with Crippen molar-refractivity contribution in [3.63, 3.8) is 0 Å². The molecule has 1 aliphatic carbocycles. The second kappa shape index (κ2) is 10.8. The van der Waals surface area contributed by atoms with Gasteiger partial charge in [-0.2, -0.15) is 8.78 Å². The number of amides is 1. The quantitative estimate of drug-likeness (QED) is 0.591. The smallest absolute Gasteiger partial charge is 0.387 e. The summed E-state index contributed by atoms with van der Waals surface area (Å²) in [6, 6.07) is 9.88. The normalized spacial score (nSPS) is 13.8. The van der Waals surface area contributed by atoms with Crippen molar-refractivity contribution in [1.82, 2.24) is 5.32 Å². The van der Waals surface area contributed by atoms with Crippen LogP contribution in [0.5, 0.6) is 23.0 Å². The molecule has 3 rings (SSSR count). The van der Waals surface area contributed by atoms with Crippen LogP contribution in [-0.4, -0.2) is 39.4 Å². The van der Waals surface area contributed by atoms with Crippen molar-refractivity contribution in [3.05, 3.63) is 47.5 Å². The molecule has 0 saturated heterocycles. The van der Waals surface area contributed by atoms with Gasteiger partial charge in [-0.15, -0.1) is 0 Å². The van der Waals surface area contributed by atoms with E-state index in [-0.39, 0.29) is 23.5 Å². The van der Waals surface area contributed by atoms with Gasteiger partial charge >= 0.3 is 6.61 Å². The zero-order chi connectivity index (χ0) is 22.2. The highest BCUT2D eigenvalue weighted by molar-refractivity contribution is 5.94. The molecule has 1 aliphatic rings. The van der Waals surface area contributed by atoms with Gasteiger partial charge in [-0.25, -0.2) is 0 Å². The summed E-state index contributed by atoms with van der Waals surface area (Å²) in [6.45, 7) is -2.62. The molecular weight excluding hydrogens is 408 g/mol. The van der Waals surface area contributed by atoms with E-state index in [1.54, 1.807) is 37.4 Å². The lowest BCUT2D eigenvalue weighted by molar-refractivity contribution is -0.0512. The van der Waals surface area contributed by atoms with Crippen LogP contribution in [0.25, 0.3) is 0 Å². The van der Waals surface area contributed by atoms with Gasteiger partial charge < -0.3 is 24.3 Å². The highest BCUT2D eigenvalue weighted by Gasteiger charge is 2.19. The second-order valence-corrected chi connectivity index (χ2v) is 7.26. The Balaban J connectivity index is 1.58. The van der Waals surface area contributed by atoms with E-state index in [0.29, 0.717) is 30.0 Å². The number of hydrogen-bond donors (Lipinski definition) is 1. The number of methoxy groups -OCH3 is 2. The fraction of sp³-hybridized carbons (Fsp3) is 0.435. The molecule has 0 radical (unpaired) electrons. The van der Waals surface area contributed by atoms with Crippen molar-refractivity contribution in [3.8, 4) is 23.0 Å². The van der Waals surface area contributed by atoms with Gasteiger partial charge in [0.05, 0.1) is 20.3 Å². The Morgan fingerprint density at radius 3 is 2.39 bits per heavy atom. The number of hydrogen-bond acceptors (Lipinski definition) is 5. The van der Waals surface area contributed by atoms with Crippen LogP contribution in [0.4, 0.5) is 8.78 Å². The van der Waals surface area contributed by atoms with Gasteiger partial charge in [-0.05, 0) is 68.0 Å². The average molecular weight is 435 g/mol. The molecular formula is C23H27F2NO5. The van der Waals surface area contributed by atoms with Gasteiger partial charge in [-0.3, -0.25) is 4.79 Å².